The van der Waals surface area contributed by atoms with E-state index in [0.29, 0.717) is 41.8 Å². The number of nitrogen functional groups attached to an aromatic ring is 1. The number of aliphatic imine (C=N–C) groups is 1. The lowest BCUT2D eigenvalue weighted by Gasteiger charge is -2.33. The van der Waals surface area contributed by atoms with Crippen molar-refractivity contribution in [3.05, 3.63) is 48.3 Å². The van der Waals surface area contributed by atoms with E-state index in [1.807, 2.05) is 33.8 Å². The second kappa shape index (κ2) is 14.9. The summed E-state index contributed by atoms with van der Waals surface area (Å²) in [4.78, 5) is 47.9. The standard InChI is InChI=1S/C32H45FN6O3/c1-7-27(35-5)31(41)37-28(19-38(6)29(40)16-20(2)3)32(42)39-21(4)14-15-24(39)18-36-30-25(12-9-13-26(30)34)22-10-8-11-23(33)17-22/h8-13,17-18,20-21,24,27-28,35H,7,14-16,19,34H2,1-6H3,(H,37,41)/b36-18+/t21?,24-,27-,28-/m0/s1. The number of rotatable bonds is 12. The van der Waals surface area contributed by atoms with E-state index in [-0.39, 0.29) is 48.1 Å². The Morgan fingerprint density at radius 2 is 1.88 bits per heavy atom. The van der Waals surface area contributed by atoms with Gasteiger partial charge in [0.2, 0.25) is 17.7 Å². The molecule has 10 heteroatoms. The van der Waals surface area contributed by atoms with Gasteiger partial charge < -0.3 is 26.2 Å². The molecular weight excluding hydrogens is 535 g/mol. The number of likely N-dealkylation sites (N-methyl/N-ethyl adjacent to an activating group) is 2. The number of amides is 3. The van der Waals surface area contributed by atoms with Crippen LogP contribution in [0.2, 0.25) is 0 Å². The first kappa shape index (κ1) is 32.7. The lowest BCUT2D eigenvalue weighted by atomic mass is 10.0. The van der Waals surface area contributed by atoms with Crippen LogP contribution in [0.4, 0.5) is 15.8 Å². The average Bonchev–Trinajstić information content (AvgIpc) is 3.31. The third kappa shape index (κ3) is 8.15. The van der Waals surface area contributed by atoms with Gasteiger partial charge in [0.25, 0.3) is 0 Å². The van der Waals surface area contributed by atoms with Gasteiger partial charge in [0.05, 0.1) is 23.5 Å². The average molecular weight is 581 g/mol. The van der Waals surface area contributed by atoms with Crippen LogP contribution in [0.3, 0.4) is 0 Å². The van der Waals surface area contributed by atoms with Crippen LogP contribution >= 0.6 is 0 Å². The first-order chi connectivity index (χ1) is 20.0. The molecule has 0 aromatic heterocycles. The summed E-state index contributed by atoms with van der Waals surface area (Å²) < 4.78 is 14.0. The Labute approximate surface area is 248 Å². The molecule has 2 aromatic rings. The van der Waals surface area contributed by atoms with E-state index < -0.39 is 12.1 Å². The molecule has 0 spiro atoms. The fourth-order valence-electron chi connectivity index (χ4n) is 5.34. The molecule has 1 aliphatic heterocycles. The zero-order valence-corrected chi connectivity index (χ0v) is 25.6. The number of nitrogens with one attached hydrogen (secondary N) is 2. The zero-order valence-electron chi connectivity index (χ0n) is 25.6. The Morgan fingerprint density at radius 3 is 2.52 bits per heavy atom. The summed E-state index contributed by atoms with van der Waals surface area (Å²) in [5.41, 5.74) is 8.56. The number of benzene rings is 2. The summed E-state index contributed by atoms with van der Waals surface area (Å²) in [6.07, 6.45) is 4.04. The van der Waals surface area contributed by atoms with E-state index in [9.17, 15) is 18.8 Å². The highest BCUT2D eigenvalue weighted by Crippen LogP contribution is 2.36. The van der Waals surface area contributed by atoms with E-state index in [1.165, 1.54) is 17.0 Å². The number of nitrogens with two attached hydrogens (primary N) is 1. The zero-order chi connectivity index (χ0) is 31.0. The van der Waals surface area contributed by atoms with Crippen LogP contribution in [0.15, 0.2) is 47.5 Å². The van der Waals surface area contributed by atoms with Gasteiger partial charge in [-0.05, 0) is 62.9 Å². The first-order valence-electron chi connectivity index (χ1n) is 14.7. The molecule has 2 aromatic carbocycles. The molecule has 0 bridgehead atoms. The van der Waals surface area contributed by atoms with Crippen molar-refractivity contribution in [2.45, 2.75) is 77.5 Å². The molecule has 0 radical (unpaired) electrons. The molecule has 1 aliphatic rings. The minimum atomic E-state index is -0.929. The van der Waals surface area contributed by atoms with Crippen LogP contribution in [0.25, 0.3) is 11.1 Å². The van der Waals surface area contributed by atoms with E-state index in [1.54, 1.807) is 49.5 Å². The normalized spacial score (nSPS) is 18.3. The molecule has 1 fully saturated rings. The van der Waals surface area contributed by atoms with Crippen molar-refractivity contribution < 1.29 is 18.8 Å². The Kier molecular flexibility index (Phi) is 11.6. The molecule has 1 saturated heterocycles. The second-order valence-corrected chi connectivity index (χ2v) is 11.5. The summed E-state index contributed by atoms with van der Waals surface area (Å²) >= 11 is 0. The lowest BCUT2D eigenvalue weighted by molar-refractivity contribution is -0.140. The van der Waals surface area contributed by atoms with E-state index >= 15 is 0 Å². The number of anilines is 1. The maximum Gasteiger partial charge on any atom is 0.247 e. The smallest absolute Gasteiger partial charge is 0.247 e. The lowest BCUT2D eigenvalue weighted by Crippen LogP contribution is -2.58. The van der Waals surface area contributed by atoms with Gasteiger partial charge in [0.1, 0.15) is 11.9 Å². The fraction of sp³-hybridized carbons (Fsp3) is 0.500. The molecule has 228 valence electrons. The quantitative estimate of drug-likeness (QED) is 0.257. The summed E-state index contributed by atoms with van der Waals surface area (Å²) in [6.45, 7) is 7.83. The van der Waals surface area contributed by atoms with Crippen molar-refractivity contribution in [1.82, 2.24) is 20.4 Å². The highest BCUT2D eigenvalue weighted by molar-refractivity contribution is 5.93. The largest absolute Gasteiger partial charge is 0.397 e. The van der Waals surface area contributed by atoms with Crippen LogP contribution in [0.5, 0.6) is 0 Å². The minimum Gasteiger partial charge on any atom is -0.397 e. The maximum atomic E-state index is 14.1. The summed E-state index contributed by atoms with van der Waals surface area (Å²) in [5.74, 6) is -0.850. The van der Waals surface area contributed by atoms with Crippen molar-refractivity contribution in [2.75, 3.05) is 26.4 Å². The molecule has 4 N–H and O–H groups in total. The highest BCUT2D eigenvalue weighted by atomic mass is 19.1. The molecule has 0 aliphatic carbocycles. The van der Waals surface area contributed by atoms with Crippen LogP contribution in [-0.4, -0.2) is 78.5 Å². The van der Waals surface area contributed by atoms with E-state index in [2.05, 4.69) is 10.6 Å². The molecule has 1 heterocycles. The molecule has 1 unspecified atom stereocenters. The van der Waals surface area contributed by atoms with Crippen molar-refractivity contribution in [3.63, 3.8) is 0 Å². The Morgan fingerprint density at radius 1 is 1.17 bits per heavy atom. The summed E-state index contributed by atoms with van der Waals surface area (Å²) in [6, 6.07) is 9.75. The van der Waals surface area contributed by atoms with Crippen molar-refractivity contribution >= 4 is 35.3 Å². The molecular formula is C32H45FN6O3. The van der Waals surface area contributed by atoms with E-state index in [0.717, 1.165) is 6.42 Å². The number of hydrogen-bond acceptors (Lipinski definition) is 6. The van der Waals surface area contributed by atoms with Gasteiger partial charge in [-0.2, -0.15) is 0 Å². The molecule has 3 rings (SSSR count). The van der Waals surface area contributed by atoms with Gasteiger partial charge in [0, 0.05) is 37.8 Å². The minimum absolute atomic E-state index is 0.0543. The summed E-state index contributed by atoms with van der Waals surface area (Å²) in [7, 11) is 3.36. The van der Waals surface area contributed by atoms with Gasteiger partial charge in [0.15, 0.2) is 0 Å². The van der Waals surface area contributed by atoms with Crippen LogP contribution in [0.1, 0.15) is 53.4 Å². The van der Waals surface area contributed by atoms with Crippen LogP contribution in [-0.2, 0) is 14.4 Å². The van der Waals surface area contributed by atoms with Crippen molar-refractivity contribution in [1.29, 1.82) is 0 Å². The van der Waals surface area contributed by atoms with Gasteiger partial charge in [-0.3, -0.25) is 19.4 Å². The predicted octanol–water partition coefficient (Wildman–Crippen LogP) is 4.14. The second-order valence-electron chi connectivity index (χ2n) is 11.5. The van der Waals surface area contributed by atoms with Crippen LogP contribution in [0, 0.1) is 11.7 Å². The van der Waals surface area contributed by atoms with Gasteiger partial charge in [-0.1, -0.05) is 45.0 Å². The Balaban J connectivity index is 1.91. The molecule has 9 nitrogen and oxygen atoms in total. The van der Waals surface area contributed by atoms with E-state index in [4.69, 9.17) is 10.7 Å². The number of nitrogens with zero attached hydrogens (tertiary/aromatic N) is 3. The number of hydrogen-bond donors (Lipinski definition) is 3. The first-order valence-corrected chi connectivity index (χ1v) is 14.7. The number of halogens is 1. The molecule has 0 saturated carbocycles. The molecule has 3 amide bonds. The third-order valence-electron chi connectivity index (χ3n) is 7.70. The molecule has 42 heavy (non-hydrogen) atoms. The maximum absolute atomic E-state index is 14.1. The Hall–Kier alpha value is -3.79. The molecule has 4 atom stereocenters. The highest BCUT2D eigenvalue weighted by Gasteiger charge is 2.38. The van der Waals surface area contributed by atoms with Crippen molar-refractivity contribution in [2.24, 2.45) is 10.9 Å². The monoisotopic (exact) mass is 580 g/mol. The SMILES string of the molecule is CC[C@H](NC)C(=O)N[C@@H](CN(C)C(=O)CC(C)C)C(=O)N1C(C)CC[C@H]1/C=N/c1c(N)cccc1-c1cccc(F)c1. The Bertz CT molecular complexity index is 1280. The predicted molar refractivity (Wildman–Crippen MR) is 166 cm³/mol. The number of likely N-dealkylation sites (tertiary alicyclic amines) is 1. The van der Waals surface area contributed by atoms with Gasteiger partial charge >= 0.3 is 0 Å². The summed E-state index contributed by atoms with van der Waals surface area (Å²) in [5, 5.41) is 5.89. The van der Waals surface area contributed by atoms with Crippen molar-refractivity contribution in [3.8, 4) is 11.1 Å². The number of carbonyl (C=O) groups is 3. The number of carbonyl (C=O) groups excluding carboxylic acids is 3. The topological polar surface area (TPSA) is 120 Å². The van der Waals surface area contributed by atoms with Gasteiger partial charge in [-0.25, -0.2) is 4.39 Å². The third-order valence-corrected chi connectivity index (χ3v) is 7.70. The number of para-hydroxylation sites is 1. The van der Waals surface area contributed by atoms with Crippen LogP contribution < -0.4 is 16.4 Å². The fourth-order valence-corrected chi connectivity index (χ4v) is 5.34. The van der Waals surface area contributed by atoms with Gasteiger partial charge in [-0.15, -0.1) is 0 Å².